The van der Waals surface area contributed by atoms with Crippen LogP contribution in [0.15, 0.2) is 11.3 Å². The minimum absolute atomic E-state index is 0.115. The van der Waals surface area contributed by atoms with E-state index < -0.39 is 18.4 Å². The van der Waals surface area contributed by atoms with E-state index in [1.165, 1.54) is 6.08 Å². The van der Waals surface area contributed by atoms with E-state index in [1.54, 1.807) is 6.92 Å². The van der Waals surface area contributed by atoms with Crippen LogP contribution in [0.25, 0.3) is 0 Å². The molecule has 5 heteroatoms. The van der Waals surface area contributed by atoms with Gasteiger partial charge in [0.15, 0.2) is 5.22 Å². The highest BCUT2D eigenvalue weighted by atomic mass is 35.5. The summed E-state index contributed by atoms with van der Waals surface area (Å²) in [5, 5.41) is 7.99. The van der Waals surface area contributed by atoms with Crippen LogP contribution in [-0.2, 0) is 14.3 Å². The molecule has 1 N–H and O–H groups in total. The predicted octanol–water partition coefficient (Wildman–Crippen LogP) is 1.10. The van der Waals surface area contributed by atoms with Gasteiger partial charge in [-0.3, -0.25) is 9.59 Å². The van der Waals surface area contributed by atoms with Crippen molar-refractivity contribution in [2.24, 2.45) is 0 Å². The second kappa shape index (κ2) is 4.73. The number of carboxylic acid groups (broad SMARTS) is 1. The Morgan fingerprint density at radius 2 is 2.18 bits per heavy atom. The van der Waals surface area contributed by atoms with Crippen LogP contribution >= 0.6 is 11.6 Å². The van der Waals surface area contributed by atoms with Crippen molar-refractivity contribution in [1.82, 2.24) is 0 Å². The molecule has 0 saturated carbocycles. The highest BCUT2D eigenvalue weighted by molar-refractivity contribution is 6.28. The van der Waals surface area contributed by atoms with Crippen LogP contribution in [0, 0.1) is 0 Å². The molecule has 62 valence electrons. The van der Waals surface area contributed by atoms with Crippen molar-refractivity contribution in [3.8, 4) is 0 Å². The number of halogens is 1. The Kier molecular flexibility index (Phi) is 4.29. The number of hydrogen-bond donors (Lipinski definition) is 1. The molecule has 0 aliphatic carbocycles. The Labute approximate surface area is 68.4 Å². The molecule has 0 amide bonds. The fourth-order valence-corrected chi connectivity index (χ4v) is 0.413. The molecular weight excluding hydrogens is 172 g/mol. The highest BCUT2D eigenvalue weighted by Gasteiger charge is 2.09. The van der Waals surface area contributed by atoms with Crippen LogP contribution in [-0.4, -0.2) is 17.0 Å². The van der Waals surface area contributed by atoms with Crippen LogP contribution in [0.4, 0.5) is 0 Å². The van der Waals surface area contributed by atoms with Gasteiger partial charge in [0, 0.05) is 0 Å². The Hall–Kier alpha value is -1.03. The van der Waals surface area contributed by atoms with Crippen molar-refractivity contribution < 1.29 is 19.4 Å². The Bertz CT molecular complexity index is 197. The first-order valence-electron chi connectivity index (χ1n) is 2.80. The van der Waals surface area contributed by atoms with Gasteiger partial charge >= 0.3 is 11.9 Å². The van der Waals surface area contributed by atoms with E-state index in [0.717, 1.165) is 0 Å². The van der Waals surface area contributed by atoms with Crippen LogP contribution in [0.3, 0.4) is 0 Å². The second-order valence-corrected chi connectivity index (χ2v) is 2.01. The summed E-state index contributed by atoms with van der Waals surface area (Å²) in [7, 11) is 0. The summed E-state index contributed by atoms with van der Waals surface area (Å²) >= 11 is 5.27. The van der Waals surface area contributed by atoms with Crippen LogP contribution < -0.4 is 0 Å². The molecule has 0 radical (unpaired) electrons. The molecule has 4 nitrogen and oxygen atoms in total. The summed E-state index contributed by atoms with van der Waals surface area (Å²) in [6, 6.07) is 0. The normalized spacial score (nSPS) is 10.9. The molecule has 11 heavy (non-hydrogen) atoms. The Morgan fingerprint density at radius 3 is 2.55 bits per heavy atom. The van der Waals surface area contributed by atoms with Gasteiger partial charge in [0.25, 0.3) is 0 Å². The summed E-state index contributed by atoms with van der Waals surface area (Å²) < 4.78 is 4.32. The molecule has 0 bridgehead atoms. The standard InChI is InChI=1S/C6H7ClO4/c1-2-4(7)11-6(10)3-5(8)9/h2H,3H2,1H3,(H,8,9). The average molecular weight is 179 g/mol. The van der Waals surface area contributed by atoms with Crippen LogP contribution in [0.5, 0.6) is 0 Å². The molecule has 0 fully saturated rings. The number of allylic oxidation sites excluding steroid dienone is 1. The topological polar surface area (TPSA) is 63.6 Å². The van der Waals surface area contributed by atoms with E-state index in [4.69, 9.17) is 16.7 Å². The smallest absolute Gasteiger partial charge is 0.323 e. The zero-order chi connectivity index (χ0) is 8.85. The lowest BCUT2D eigenvalue weighted by Gasteiger charge is -1.97. The Balaban J connectivity index is 3.79. The van der Waals surface area contributed by atoms with Gasteiger partial charge in [0.05, 0.1) is 0 Å². The van der Waals surface area contributed by atoms with Crippen molar-refractivity contribution in [2.45, 2.75) is 13.3 Å². The summed E-state index contributed by atoms with van der Waals surface area (Å²) in [6.45, 7) is 1.57. The summed E-state index contributed by atoms with van der Waals surface area (Å²) in [5.41, 5.74) is 0. The Morgan fingerprint density at radius 1 is 1.64 bits per heavy atom. The van der Waals surface area contributed by atoms with Crippen LogP contribution in [0.2, 0.25) is 0 Å². The van der Waals surface area contributed by atoms with Crippen LogP contribution in [0.1, 0.15) is 13.3 Å². The first-order chi connectivity index (χ1) is 5.06. The third kappa shape index (κ3) is 5.42. The molecule has 0 atom stereocenters. The number of esters is 1. The molecule has 0 aliphatic heterocycles. The van der Waals surface area contributed by atoms with E-state index >= 15 is 0 Å². The fourth-order valence-electron chi connectivity index (χ4n) is 0.327. The van der Waals surface area contributed by atoms with Gasteiger partial charge in [-0.25, -0.2) is 0 Å². The summed E-state index contributed by atoms with van der Waals surface area (Å²) in [4.78, 5) is 20.4. The number of ether oxygens (including phenoxy) is 1. The van der Waals surface area contributed by atoms with Gasteiger partial charge < -0.3 is 9.84 Å². The molecule has 0 unspecified atom stereocenters. The van der Waals surface area contributed by atoms with Gasteiger partial charge in [-0.1, -0.05) is 0 Å². The largest absolute Gasteiger partial charge is 0.481 e. The number of carbonyl (C=O) groups is 2. The SMILES string of the molecule is CC=C(Cl)OC(=O)CC(=O)O. The maximum absolute atomic E-state index is 10.5. The first-order valence-corrected chi connectivity index (χ1v) is 3.18. The van der Waals surface area contributed by atoms with Gasteiger partial charge in [-0.2, -0.15) is 0 Å². The predicted molar refractivity (Wildman–Crippen MR) is 38.0 cm³/mol. The number of carbonyl (C=O) groups excluding carboxylic acids is 1. The van der Waals surface area contributed by atoms with Crippen molar-refractivity contribution in [1.29, 1.82) is 0 Å². The lowest BCUT2D eigenvalue weighted by atomic mass is 10.4. The maximum atomic E-state index is 10.5. The van der Waals surface area contributed by atoms with E-state index in [0.29, 0.717) is 0 Å². The lowest BCUT2D eigenvalue weighted by molar-refractivity contribution is -0.148. The van der Waals surface area contributed by atoms with Crippen molar-refractivity contribution in [3.63, 3.8) is 0 Å². The zero-order valence-corrected chi connectivity index (χ0v) is 6.59. The van der Waals surface area contributed by atoms with Gasteiger partial charge in [0.1, 0.15) is 6.42 Å². The minimum atomic E-state index is -1.24. The molecule has 0 spiro atoms. The second-order valence-electron chi connectivity index (χ2n) is 1.64. The van der Waals surface area contributed by atoms with Crippen molar-refractivity contribution >= 4 is 23.5 Å². The minimum Gasteiger partial charge on any atom is -0.481 e. The number of aliphatic carboxylic acids is 1. The summed E-state index contributed by atoms with van der Waals surface area (Å²) in [5.74, 6) is -2.11. The molecule has 0 aliphatic rings. The lowest BCUT2D eigenvalue weighted by Crippen LogP contribution is -2.08. The molecular formula is C6H7ClO4. The number of carboxylic acids is 1. The molecule has 0 heterocycles. The van der Waals surface area contributed by atoms with Crippen molar-refractivity contribution in [3.05, 3.63) is 11.3 Å². The van der Waals surface area contributed by atoms with Gasteiger partial charge in [0.2, 0.25) is 0 Å². The number of hydrogen-bond acceptors (Lipinski definition) is 3. The molecule has 0 aromatic carbocycles. The fraction of sp³-hybridized carbons (Fsp3) is 0.333. The van der Waals surface area contributed by atoms with E-state index in [-0.39, 0.29) is 5.22 Å². The summed E-state index contributed by atoms with van der Waals surface area (Å²) in [6.07, 6.45) is 0.672. The van der Waals surface area contributed by atoms with E-state index in [2.05, 4.69) is 4.74 Å². The van der Waals surface area contributed by atoms with Gasteiger partial charge in [-0.05, 0) is 24.6 Å². The molecule has 0 aromatic heterocycles. The average Bonchev–Trinajstić information content (AvgIpc) is 1.85. The zero-order valence-electron chi connectivity index (χ0n) is 5.83. The monoisotopic (exact) mass is 178 g/mol. The third-order valence-electron chi connectivity index (χ3n) is 0.734. The van der Waals surface area contributed by atoms with Crippen molar-refractivity contribution in [2.75, 3.05) is 0 Å². The van der Waals surface area contributed by atoms with E-state index in [1.807, 2.05) is 0 Å². The quantitative estimate of drug-likeness (QED) is 0.399. The first kappa shape index (κ1) is 9.97. The third-order valence-corrected chi connectivity index (χ3v) is 1.03. The number of rotatable bonds is 3. The molecule has 0 saturated heterocycles. The molecule has 0 rings (SSSR count). The molecule has 0 aromatic rings. The van der Waals surface area contributed by atoms with Gasteiger partial charge in [-0.15, -0.1) is 0 Å². The maximum Gasteiger partial charge on any atom is 0.323 e. The van der Waals surface area contributed by atoms with E-state index in [9.17, 15) is 9.59 Å². The highest BCUT2D eigenvalue weighted by Crippen LogP contribution is 2.03.